The zero-order valence-corrected chi connectivity index (χ0v) is 19.1. The Kier molecular flexibility index (Phi) is 8.56. The molecule has 0 spiro atoms. The highest BCUT2D eigenvalue weighted by atomic mass is 16.2. The third kappa shape index (κ3) is 6.26. The van der Waals surface area contributed by atoms with Crippen molar-refractivity contribution >= 4 is 23.5 Å². The number of likely N-dealkylation sites (tertiary alicyclic amines) is 1. The van der Waals surface area contributed by atoms with Gasteiger partial charge in [-0.1, -0.05) is 37.8 Å². The summed E-state index contributed by atoms with van der Waals surface area (Å²) < 4.78 is 0. The van der Waals surface area contributed by atoms with Gasteiger partial charge >= 0.3 is 0 Å². The lowest BCUT2D eigenvalue weighted by molar-refractivity contribution is -0.135. The summed E-state index contributed by atoms with van der Waals surface area (Å²) in [6, 6.07) is 8.68. The zero-order valence-electron chi connectivity index (χ0n) is 19.1. The van der Waals surface area contributed by atoms with Crippen molar-refractivity contribution in [1.82, 2.24) is 20.4 Å². The van der Waals surface area contributed by atoms with E-state index < -0.39 is 0 Å². The molecule has 0 aliphatic carbocycles. The minimum absolute atomic E-state index is 0.0942. The van der Waals surface area contributed by atoms with E-state index in [9.17, 15) is 9.59 Å². The van der Waals surface area contributed by atoms with Gasteiger partial charge in [0.2, 0.25) is 11.9 Å². The third-order valence-corrected chi connectivity index (χ3v) is 5.88. The molecule has 0 aromatic heterocycles. The van der Waals surface area contributed by atoms with Crippen molar-refractivity contribution in [1.29, 1.82) is 0 Å². The minimum atomic E-state index is -0.261. The molecule has 3 rings (SSSR count). The van der Waals surface area contributed by atoms with Crippen molar-refractivity contribution in [3.63, 3.8) is 0 Å². The molecule has 1 aromatic carbocycles. The molecule has 32 heavy (non-hydrogen) atoms. The number of rotatable bonds is 8. The molecule has 2 aliphatic rings. The Balaban J connectivity index is 1.40. The lowest BCUT2D eigenvalue weighted by atomic mass is 10.00. The van der Waals surface area contributed by atoms with E-state index in [-0.39, 0.29) is 23.6 Å². The maximum atomic E-state index is 12.5. The van der Waals surface area contributed by atoms with Crippen LogP contribution in [0.3, 0.4) is 0 Å². The second kappa shape index (κ2) is 11.6. The third-order valence-electron chi connectivity index (χ3n) is 5.88. The summed E-state index contributed by atoms with van der Waals surface area (Å²) in [7, 11) is 1.62. The van der Waals surface area contributed by atoms with Gasteiger partial charge in [-0.3, -0.25) is 19.5 Å². The van der Waals surface area contributed by atoms with E-state index in [1.165, 1.54) is 17.2 Å². The first-order valence-corrected chi connectivity index (χ1v) is 11.3. The van der Waals surface area contributed by atoms with Crippen LogP contribution in [0, 0.1) is 0 Å². The van der Waals surface area contributed by atoms with Crippen LogP contribution >= 0.6 is 0 Å². The number of nitrogens with zero attached hydrogens (tertiary/aromatic N) is 4. The molecular formula is C24H34N6O2. The Morgan fingerprint density at radius 3 is 2.69 bits per heavy atom. The van der Waals surface area contributed by atoms with E-state index in [0.717, 1.165) is 32.5 Å². The number of hydrogen-bond donors (Lipinski definition) is 2. The topological polar surface area (TPSA) is 89.4 Å². The van der Waals surface area contributed by atoms with Crippen LogP contribution in [0.4, 0.5) is 0 Å². The number of aliphatic imine (C=N–C) groups is 2. The van der Waals surface area contributed by atoms with E-state index in [4.69, 9.17) is 0 Å². The van der Waals surface area contributed by atoms with E-state index in [2.05, 4.69) is 56.4 Å². The molecule has 1 saturated heterocycles. The number of fused-ring (bicyclic) bond motifs is 1. The van der Waals surface area contributed by atoms with Gasteiger partial charge in [-0.25, -0.2) is 4.99 Å². The van der Waals surface area contributed by atoms with Crippen LogP contribution in [0.1, 0.15) is 30.9 Å². The van der Waals surface area contributed by atoms with Crippen LogP contribution in [0.25, 0.3) is 0 Å². The van der Waals surface area contributed by atoms with Crippen molar-refractivity contribution in [3.8, 4) is 0 Å². The predicted molar refractivity (Wildman–Crippen MR) is 128 cm³/mol. The number of benzene rings is 1. The monoisotopic (exact) mass is 438 g/mol. The normalized spacial score (nSPS) is 17.4. The number of amides is 2. The fourth-order valence-electron chi connectivity index (χ4n) is 3.97. The fourth-order valence-corrected chi connectivity index (χ4v) is 3.97. The summed E-state index contributed by atoms with van der Waals surface area (Å²) >= 11 is 0. The predicted octanol–water partition coefficient (Wildman–Crippen LogP) is 1.37. The molecule has 2 aliphatic heterocycles. The Hall–Kier alpha value is -3.00. The molecule has 2 amide bonds. The lowest BCUT2D eigenvalue weighted by Crippen LogP contribution is -2.60. The molecule has 0 bridgehead atoms. The maximum absolute atomic E-state index is 12.5. The molecule has 2 heterocycles. The number of hydrogen-bond acceptors (Lipinski definition) is 4. The van der Waals surface area contributed by atoms with Gasteiger partial charge < -0.3 is 15.5 Å². The second-order valence-electron chi connectivity index (χ2n) is 8.15. The Morgan fingerprint density at radius 2 is 2.00 bits per heavy atom. The van der Waals surface area contributed by atoms with Gasteiger partial charge in [-0.15, -0.1) is 0 Å². The molecular weight excluding hydrogens is 404 g/mol. The maximum Gasteiger partial charge on any atom is 0.270 e. The molecule has 8 heteroatoms. The van der Waals surface area contributed by atoms with Gasteiger partial charge in [0.1, 0.15) is 5.71 Å². The van der Waals surface area contributed by atoms with Crippen molar-refractivity contribution < 1.29 is 9.59 Å². The Labute approximate surface area is 190 Å². The minimum Gasteiger partial charge on any atom is -0.351 e. The average Bonchev–Trinajstić information content (AvgIpc) is 2.80. The molecule has 1 aromatic rings. The molecule has 0 radical (unpaired) electrons. The van der Waals surface area contributed by atoms with E-state index in [0.29, 0.717) is 32.0 Å². The second-order valence-corrected chi connectivity index (χ2v) is 8.15. The van der Waals surface area contributed by atoms with Crippen LogP contribution in [-0.4, -0.2) is 79.1 Å². The first-order valence-electron chi connectivity index (χ1n) is 11.3. The van der Waals surface area contributed by atoms with Gasteiger partial charge in [0, 0.05) is 52.7 Å². The highest BCUT2D eigenvalue weighted by molar-refractivity contribution is 6.44. The number of carbonyl (C=O) groups is 2. The summed E-state index contributed by atoms with van der Waals surface area (Å²) in [4.78, 5) is 36.9. The van der Waals surface area contributed by atoms with Crippen LogP contribution in [-0.2, 0) is 22.6 Å². The molecule has 2 N–H and O–H groups in total. The van der Waals surface area contributed by atoms with E-state index in [1.807, 2.05) is 6.92 Å². The summed E-state index contributed by atoms with van der Waals surface area (Å²) in [6.45, 7) is 10.3. The number of carbonyl (C=O) groups excluding carboxylic acids is 2. The molecule has 0 saturated carbocycles. The Bertz CT molecular complexity index is 888. The van der Waals surface area contributed by atoms with E-state index >= 15 is 0 Å². The molecule has 0 unspecified atom stereocenters. The molecule has 0 atom stereocenters. The largest absolute Gasteiger partial charge is 0.351 e. The summed E-state index contributed by atoms with van der Waals surface area (Å²) in [5.41, 5.74) is 3.07. The smallest absolute Gasteiger partial charge is 0.270 e. The Morgan fingerprint density at radius 1 is 1.25 bits per heavy atom. The van der Waals surface area contributed by atoms with Crippen LogP contribution in [0.5, 0.6) is 0 Å². The molecule has 172 valence electrons. The highest BCUT2D eigenvalue weighted by Crippen LogP contribution is 2.18. The molecule has 1 fully saturated rings. The van der Waals surface area contributed by atoms with Gasteiger partial charge in [0.05, 0.1) is 6.04 Å². The summed E-state index contributed by atoms with van der Waals surface area (Å²) in [5, 5.41) is 6.11. The van der Waals surface area contributed by atoms with Gasteiger partial charge in [-0.05, 0) is 30.0 Å². The average molecular weight is 439 g/mol. The van der Waals surface area contributed by atoms with Crippen molar-refractivity contribution in [2.24, 2.45) is 9.98 Å². The lowest BCUT2D eigenvalue weighted by Gasteiger charge is -2.39. The zero-order chi connectivity index (χ0) is 22.9. The standard InChI is InChI=1S/C24H34N6O2/c1-4-21(28-24(25-3)27-20-16-30(17-20)22(31)5-2)23(32)26-12-8-13-29-14-11-18-9-6-7-10-19(18)15-29/h4,6-7,9-10,20H,1,5,8,11-17H2,2-3H3,(H,25,27)(H,26,32). The van der Waals surface area contributed by atoms with Crippen LogP contribution in [0.2, 0.25) is 0 Å². The first-order chi connectivity index (χ1) is 15.5. The van der Waals surface area contributed by atoms with Gasteiger partial charge in [0.25, 0.3) is 5.91 Å². The quantitative estimate of drug-likeness (QED) is 0.365. The van der Waals surface area contributed by atoms with E-state index in [1.54, 1.807) is 11.9 Å². The van der Waals surface area contributed by atoms with Crippen molar-refractivity contribution in [2.45, 2.75) is 38.8 Å². The van der Waals surface area contributed by atoms with Crippen molar-refractivity contribution in [2.75, 3.05) is 39.8 Å². The molecule has 8 nitrogen and oxygen atoms in total. The van der Waals surface area contributed by atoms with Crippen LogP contribution in [0.15, 0.2) is 46.9 Å². The summed E-state index contributed by atoms with van der Waals surface area (Å²) in [6.07, 6.45) is 3.89. The number of nitrogens with one attached hydrogen (secondary N) is 2. The number of guanidine groups is 1. The summed E-state index contributed by atoms with van der Waals surface area (Å²) in [5.74, 6) is 0.250. The SMILES string of the molecule is C=CC(=NC(=NC)NC1CN(C(=O)CC)C1)C(=O)NCCCN1CCc2ccccc2C1. The fraction of sp³-hybridized carbons (Fsp3) is 0.500. The van der Waals surface area contributed by atoms with Crippen LogP contribution < -0.4 is 10.6 Å². The van der Waals surface area contributed by atoms with Gasteiger partial charge in [0.15, 0.2) is 0 Å². The van der Waals surface area contributed by atoms with Crippen molar-refractivity contribution in [3.05, 3.63) is 48.0 Å². The van der Waals surface area contributed by atoms with Gasteiger partial charge in [-0.2, -0.15) is 0 Å². The highest BCUT2D eigenvalue weighted by Gasteiger charge is 2.30. The first kappa shape index (κ1) is 23.7.